The first kappa shape index (κ1) is 17.0. The lowest BCUT2D eigenvalue weighted by Crippen LogP contribution is -2.30. The summed E-state index contributed by atoms with van der Waals surface area (Å²) in [5.41, 5.74) is 0.0816. The first-order valence-corrected chi connectivity index (χ1v) is 9.79. The van der Waals surface area contributed by atoms with E-state index < -0.39 is 24.8 Å². The van der Waals surface area contributed by atoms with E-state index in [9.17, 15) is 21.6 Å². The van der Waals surface area contributed by atoms with Gasteiger partial charge in [0.1, 0.15) is 10.6 Å². The van der Waals surface area contributed by atoms with Crippen LogP contribution in [-0.4, -0.2) is 45.4 Å². The Bertz CT molecular complexity index is 706. The summed E-state index contributed by atoms with van der Waals surface area (Å²) in [6.07, 6.45) is 1.21. The van der Waals surface area contributed by atoms with Crippen molar-refractivity contribution in [3.63, 3.8) is 0 Å². The van der Waals surface area contributed by atoms with E-state index in [1.165, 1.54) is 24.7 Å². The van der Waals surface area contributed by atoms with Crippen molar-refractivity contribution in [1.82, 2.24) is 9.88 Å². The van der Waals surface area contributed by atoms with Gasteiger partial charge < -0.3 is 9.88 Å². The molecule has 0 aliphatic heterocycles. The molecule has 1 N–H and O–H groups in total. The maximum atomic E-state index is 11.8. The second-order valence-corrected chi connectivity index (χ2v) is 9.14. The van der Waals surface area contributed by atoms with Crippen molar-refractivity contribution in [1.29, 1.82) is 0 Å². The van der Waals surface area contributed by atoms with Crippen LogP contribution in [0.4, 0.5) is 0 Å². The number of sulfone groups is 1. The summed E-state index contributed by atoms with van der Waals surface area (Å²) in [5, 5.41) is 2.42. The minimum atomic E-state index is -3.91. The summed E-state index contributed by atoms with van der Waals surface area (Å²) in [4.78, 5) is 11.6. The molecule has 10 heteroatoms. The third-order valence-corrected chi connectivity index (χ3v) is 5.66. The molecule has 0 aliphatic carbocycles. The minimum absolute atomic E-state index is 0.00165. The van der Waals surface area contributed by atoms with Gasteiger partial charge in [0, 0.05) is 36.2 Å². The molecule has 1 amide bonds. The fourth-order valence-corrected chi connectivity index (χ4v) is 2.94. The summed E-state index contributed by atoms with van der Waals surface area (Å²) < 4.78 is 46.1. The van der Waals surface area contributed by atoms with E-state index in [-0.39, 0.29) is 28.6 Å². The van der Waals surface area contributed by atoms with Crippen LogP contribution in [0.15, 0.2) is 17.2 Å². The number of carbonyl (C=O) groups excluding carboxylic acids is 1. The zero-order valence-corrected chi connectivity index (χ0v) is 13.3. The number of rotatable bonds is 6. The van der Waals surface area contributed by atoms with Crippen LogP contribution in [-0.2, 0) is 25.9 Å². The Balaban J connectivity index is 2.77. The van der Waals surface area contributed by atoms with Crippen molar-refractivity contribution >= 4 is 35.5 Å². The maximum absolute atomic E-state index is 11.8. The number of hydrogen-bond donors (Lipinski definition) is 1. The van der Waals surface area contributed by atoms with Crippen LogP contribution in [0.5, 0.6) is 0 Å². The fourth-order valence-electron chi connectivity index (χ4n) is 1.45. The van der Waals surface area contributed by atoms with Gasteiger partial charge in [0.25, 0.3) is 15.0 Å². The average molecular weight is 343 g/mol. The summed E-state index contributed by atoms with van der Waals surface area (Å²) in [6, 6.07) is 1.13. The highest BCUT2D eigenvalue weighted by molar-refractivity contribution is 8.13. The molecule has 1 aromatic rings. The highest BCUT2D eigenvalue weighted by Crippen LogP contribution is 2.17. The Kier molecular flexibility index (Phi) is 5.22. The Hall–Kier alpha value is -1.06. The van der Waals surface area contributed by atoms with Crippen LogP contribution < -0.4 is 5.32 Å². The molecule has 1 heterocycles. The number of nitrogens with zero attached hydrogens (tertiary/aromatic N) is 1. The molecule has 0 unspecified atom stereocenters. The lowest BCUT2D eigenvalue weighted by atomic mass is 10.4. The Morgan fingerprint density at radius 2 is 1.95 bits per heavy atom. The quantitative estimate of drug-likeness (QED) is 0.739. The molecule has 0 spiro atoms. The van der Waals surface area contributed by atoms with Crippen molar-refractivity contribution in [3.8, 4) is 0 Å². The van der Waals surface area contributed by atoms with Crippen molar-refractivity contribution in [3.05, 3.63) is 18.0 Å². The van der Waals surface area contributed by atoms with Crippen LogP contribution in [0, 0.1) is 0 Å². The molecule has 0 aromatic carbocycles. The lowest BCUT2D eigenvalue weighted by molar-refractivity contribution is 0.0948. The molecule has 0 atom stereocenters. The fraction of sp³-hybridized carbons (Fsp3) is 0.500. The minimum Gasteiger partial charge on any atom is -0.350 e. The monoisotopic (exact) mass is 342 g/mol. The van der Waals surface area contributed by atoms with Crippen LogP contribution >= 0.6 is 10.7 Å². The maximum Gasteiger partial charge on any atom is 0.267 e. The summed E-state index contributed by atoms with van der Waals surface area (Å²) in [5.74, 6) is -0.729. The highest BCUT2D eigenvalue weighted by atomic mass is 35.7. The van der Waals surface area contributed by atoms with Crippen molar-refractivity contribution in [2.45, 2.75) is 11.8 Å². The molecular weight excluding hydrogens is 328 g/mol. The molecular formula is C10H15ClN2O5S2. The van der Waals surface area contributed by atoms with Gasteiger partial charge in [0.2, 0.25) is 0 Å². The molecule has 0 radical (unpaired) electrons. The molecule has 20 heavy (non-hydrogen) atoms. The molecule has 0 saturated heterocycles. The molecule has 1 aromatic heterocycles. The molecule has 0 bridgehead atoms. The van der Waals surface area contributed by atoms with Crippen molar-refractivity contribution < 1.29 is 21.6 Å². The average Bonchev–Trinajstić information content (AvgIpc) is 2.71. The Morgan fingerprint density at radius 3 is 2.40 bits per heavy atom. The van der Waals surface area contributed by atoms with E-state index >= 15 is 0 Å². The number of amides is 1. The van der Waals surface area contributed by atoms with Crippen molar-refractivity contribution in [2.24, 2.45) is 7.05 Å². The first-order valence-electron chi connectivity index (χ1n) is 5.66. The van der Waals surface area contributed by atoms with E-state index in [0.717, 1.165) is 6.07 Å². The molecule has 114 valence electrons. The zero-order chi connectivity index (χ0) is 15.6. The number of aromatic nitrogens is 1. The number of carbonyl (C=O) groups is 1. The van der Waals surface area contributed by atoms with E-state index in [2.05, 4.69) is 5.32 Å². The van der Waals surface area contributed by atoms with Gasteiger partial charge in [-0.2, -0.15) is 0 Å². The molecule has 0 aliphatic rings. The third kappa shape index (κ3) is 4.50. The number of halogens is 1. The van der Waals surface area contributed by atoms with Gasteiger partial charge in [0.05, 0.1) is 5.75 Å². The lowest BCUT2D eigenvalue weighted by Gasteiger charge is -2.05. The summed E-state index contributed by atoms with van der Waals surface area (Å²) in [6.45, 7) is 1.48. The largest absolute Gasteiger partial charge is 0.350 e. The topological polar surface area (TPSA) is 102 Å². The molecule has 0 fully saturated rings. The molecule has 0 saturated carbocycles. The summed E-state index contributed by atoms with van der Waals surface area (Å²) in [7, 11) is -0.405. The van der Waals surface area contributed by atoms with Gasteiger partial charge in [0.15, 0.2) is 9.84 Å². The van der Waals surface area contributed by atoms with E-state index in [1.807, 2.05) is 0 Å². The SMILES string of the molecule is CCS(=O)(=O)CCNC(=O)c1cc(S(=O)(=O)Cl)cn1C. The number of nitrogens with one attached hydrogen (secondary N) is 1. The Labute approximate surface area is 122 Å². The normalized spacial score (nSPS) is 12.3. The van der Waals surface area contributed by atoms with Crippen LogP contribution in [0.1, 0.15) is 17.4 Å². The van der Waals surface area contributed by atoms with E-state index in [1.54, 1.807) is 0 Å². The molecule has 7 nitrogen and oxygen atoms in total. The summed E-state index contributed by atoms with van der Waals surface area (Å²) >= 11 is 0. The van der Waals surface area contributed by atoms with Gasteiger partial charge >= 0.3 is 0 Å². The highest BCUT2D eigenvalue weighted by Gasteiger charge is 2.18. The van der Waals surface area contributed by atoms with E-state index in [4.69, 9.17) is 10.7 Å². The van der Waals surface area contributed by atoms with Gasteiger partial charge in [-0.05, 0) is 6.07 Å². The van der Waals surface area contributed by atoms with Crippen LogP contribution in [0.25, 0.3) is 0 Å². The van der Waals surface area contributed by atoms with Crippen LogP contribution in [0.3, 0.4) is 0 Å². The number of hydrogen-bond acceptors (Lipinski definition) is 5. The van der Waals surface area contributed by atoms with Gasteiger partial charge in [-0.3, -0.25) is 4.79 Å². The van der Waals surface area contributed by atoms with Crippen molar-refractivity contribution in [2.75, 3.05) is 18.1 Å². The molecule has 1 rings (SSSR count). The smallest absolute Gasteiger partial charge is 0.267 e. The first-order chi connectivity index (χ1) is 9.07. The third-order valence-electron chi connectivity index (χ3n) is 2.63. The van der Waals surface area contributed by atoms with Crippen LogP contribution in [0.2, 0.25) is 0 Å². The second-order valence-electron chi connectivity index (χ2n) is 4.10. The van der Waals surface area contributed by atoms with Gasteiger partial charge in [-0.25, -0.2) is 16.8 Å². The standard InChI is InChI=1S/C10H15ClN2O5S2/c1-3-19(15,16)5-4-12-10(14)9-6-8(7-13(9)2)20(11,17)18/h6-7H,3-5H2,1-2H3,(H,12,14). The zero-order valence-electron chi connectivity index (χ0n) is 11.0. The van der Waals surface area contributed by atoms with E-state index in [0.29, 0.717) is 0 Å². The number of aryl methyl sites for hydroxylation is 1. The predicted molar refractivity (Wildman–Crippen MR) is 75.1 cm³/mol. The van der Waals surface area contributed by atoms with Gasteiger partial charge in [-0.15, -0.1) is 0 Å². The Morgan fingerprint density at radius 1 is 1.35 bits per heavy atom. The van der Waals surface area contributed by atoms with Gasteiger partial charge in [-0.1, -0.05) is 6.92 Å². The predicted octanol–water partition coefficient (Wildman–Crippen LogP) is 0.117. The second kappa shape index (κ2) is 6.15.